The lowest BCUT2D eigenvalue weighted by Crippen LogP contribution is -2.58. The second-order valence-corrected chi connectivity index (χ2v) is 7.33. The van der Waals surface area contributed by atoms with Crippen LogP contribution in [0.4, 0.5) is 16.2 Å². The Bertz CT molecular complexity index is 809. The van der Waals surface area contributed by atoms with Crippen molar-refractivity contribution in [3.05, 3.63) is 24.3 Å². The number of likely N-dealkylation sites (tertiary alicyclic amines) is 1. The van der Waals surface area contributed by atoms with Crippen molar-refractivity contribution in [2.24, 2.45) is 5.92 Å². The summed E-state index contributed by atoms with van der Waals surface area (Å²) in [4.78, 5) is 51.6. The normalized spacial score (nSPS) is 19.8. The van der Waals surface area contributed by atoms with Crippen LogP contribution in [-0.4, -0.2) is 53.9 Å². The minimum absolute atomic E-state index is 0.173. The quantitative estimate of drug-likeness (QED) is 0.748. The fourth-order valence-electron chi connectivity index (χ4n) is 3.59. The minimum Gasteiger partial charge on any atom is -0.548 e. The highest BCUT2D eigenvalue weighted by Gasteiger charge is 2.37. The molecule has 4 amide bonds. The summed E-state index contributed by atoms with van der Waals surface area (Å²) in [5, 5.41) is 16.7. The van der Waals surface area contributed by atoms with Gasteiger partial charge >= 0.3 is 6.03 Å². The SMILES string of the molecule is CC(C)[C@H](NC(=O)N1CC(=O)Nc2ccccc21)C(=O)N1CCC[C@H]1C(=O)[O-]. The Kier molecular flexibility index (Phi) is 5.53. The zero-order valence-corrected chi connectivity index (χ0v) is 15.8. The van der Waals surface area contributed by atoms with Crippen LogP contribution in [0.25, 0.3) is 0 Å². The molecule has 28 heavy (non-hydrogen) atoms. The van der Waals surface area contributed by atoms with Gasteiger partial charge in [0.1, 0.15) is 12.6 Å². The van der Waals surface area contributed by atoms with E-state index < -0.39 is 30.0 Å². The third-order valence-electron chi connectivity index (χ3n) is 5.04. The van der Waals surface area contributed by atoms with Crippen LogP contribution in [0.5, 0.6) is 0 Å². The maximum atomic E-state index is 13.0. The molecule has 1 aromatic carbocycles. The average Bonchev–Trinajstić information content (AvgIpc) is 3.14. The summed E-state index contributed by atoms with van der Waals surface area (Å²) in [6.07, 6.45) is 0.912. The van der Waals surface area contributed by atoms with Gasteiger partial charge in [-0.25, -0.2) is 4.79 Å². The molecule has 0 spiro atoms. The number of hydrogen-bond acceptors (Lipinski definition) is 5. The summed E-state index contributed by atoms with van der Waals surface area (Å²) in [5.74, 6) is -2.35. The van der Waals surface area contributed by atoms with Gasteiger partial charge in [-0.2, -0.15) is 0 Å². The van der Waals surface area contributed by atoms with E-state index >= 15 is 0 Å². The number of benzene rings is 1. The van der Waals surface area contributed by atoms with Gasteiger partial charge in [0.05, 0.1) is 23.4 Å². The van der Waals surface area contributed by atoms with Gasteiger partial charge in [-0.05, 0) is 30.9 Å². The molecule has 2 atom stereocenters. The number of carboxylic acid groups (broad SMARTS) is 1. The van der Waals surface area contributed by atoms with Crippen LogP contribution in [0.1, 0.15) is 26.7 Å². The van der Waals surface area contributed by atoms with Gasteiger partial charge in [0.25, 0.3) is 0 Å². The van der Waals surface area contributed by atoms with E-state index in [-0.39, 0.29) is 18.4 Å². The van der Waals surface area contributed by atoms with Gasteiger partial charge < -0.3 is 25.4 Å². The van der Waals surface area contributed by atoms with E-state index in [1.807, 2.05) is 0 Å². The Morgan fingerprint density at radius 2 is 1.96 bits per heavy atom. The molecule has 1 saturated heterocycles. The molecule has 1 fully saturated rings. The molecule has 3 rings (SSSR count). The molecule has 0 unspecified atom stereocenters. The largest absolute Gasteiger partial charge is 0.548 e. The fraction of sp³-hybridized carbons (Fsp3) is 0.474. The van der Waals surface area contributed by atoms with E-state index in [0.29, 0.717) is 30.8 Å². The number of nitrogens with zero attached hydrogens (tertiary/aromatic N) is 2. The highest BCUT2D eigenvalue weighted by Crippen LogP contribution is 2.29. The molecular weight excluding hydrogens is 364 g/mol. The van der Waals surface area contributed by atoms with Crippen LogP contribution in [-0.2, 0) is 14.4 Å². The smallest absolute Gasteiger partial charge is 0.323 e. The van der Waals surface area contributed by atoms with E-state index in [4.69, 9.17) is 0 Å². The number of anilines is 2. The molecule has 0 radical (unpaired) electrons. The van der Waals surface area contributed by atoms with Gasteiger partial charge in [-0.15, -0.1) is 0 Å². The van der Waals surface area contributed by atoms with Crippen molar-refractivity contribution in [3.63, 3.8) is 0 Å². The monoisotopic (exact) mass is 387 g/mol. The number of rotatable bonds is 4. The Labute approximate surface area is 162 Å². The van der Waals surface area contributed by atoms with E-state index in [1.165, 1.54) is 9.80 Å². The molecule has 2 heterocycles. The van der Waals surface area contributed by atoms with E-state index in [1.54, 1.807) is 38.1 Å². The first kappa shape index (κ1) is 19.7. The van der Waals surface area contributed by atoms with Crippen molar-refractivity contribution in [3.8, 4) is 0 Å². The predicted octanol–water partition coefficient (Wildman–Crippen LogP) is -0.0798. The molecule has 9 nitrogen and oxygen atoms in total. The van der Waals surface area contributed by atoms with Crippen molar-refractivity contribution >= 4 is 35.2 Å². The number of nitrogens with one attached hydrogen (secondary N) is 2. The van der Waals surface area contributed by atoms with Gasteiger partial charge in [-0.1, -0.05) is 26.0 Å². The van der Waals surface area contributed by atoms with Crippen LogP contribution in [0.3, 0.4) is 0 Å². The first-order valence-corrected chi connectivity index (χ1v) is 9.28. The highest BCUT2D eigenvalue weighted by molar-refractivity contribution is 6.10. The molecule has 2 aliphatic heterocycles. The highest BCUT2D eigenvalue weighted by atomic mass is 16.4. The zero-order valence-electron chi connectivity index (χ0n) is 15.8. The molecule has 0 aromatic heterocycles. The molecule has 0 bridgehead atoms. The summed E-state index contributed by atoms with van der Waals surface area (Å²) in [5.41, 5.74) is 1.04. The maximum Gasteiger partial charge on any atom is 0.323 e. The van der Waals surface area contributed by atoms with Crippen molar-refractivity contribution in [2.75, 3.05) is 23.3 Å². The number of urea groups is 1. The predicted molar refractivity (Wildman–Crippen MR) is 99.3 cm³/mol. The molecule has 2 aliphatic rings. The van der Waals surface area contributed by atoms with E-state index in [0.717, 1.165) is 0 Å². The van der Waals surface area contributed by atoms with Gasteiger partial charge in [0.15, 0.2) is 0 Å². The third kappa shape index (κ3) is 3.78. The third-order valence-corrected chi connectivity index (χ3v) is 5.04. The summed E-state index contributed by atoms with van der Waals surface area (Å²) >= 11 is 0. The summed E-state index contributed by atoms with van der Waals surface area (Å²) in [7, 11) is 0. The standard InChI is InChI=1S/C19H24N4O5/c1-11(2)16(17(25)22-9-5-8-14(22)18(26)27)21-19(28)23-10-15(24)20-12-6-3-4-7-13(12)23/h3-4,6-7,11,14,16H,5,8-10H2,1-2H3,(H,20,24)(H,21,28)(H,26,27)/p-1/t14-,16-/m0/s1. The molecule has 150 valence electrons. The molecule has 0 saturated carbocycles. The number of amides is 4. The van der Waals surface area contributed by atoms with Crippen molar-refractivity contribution in [2.45, 2.75) is 38.8 Å². The number of carbonyl (C=O) groups is 4. The van der Waals surface area contributed by atoms with Gasteiger partial charge in [0.2, 0.25) is 11.8 Å². The number of hydrogen-bond donors (Lipinski definition) is 2. The first-order valence-electron chi connectivity index (χ1n) is 9.28. The van der Waals surface area contributed by atoms with Crippen molar-refractivity contribution < 1.29 is 24.3 Å². The van der Waals surface area contributed by atoms with Gasteiger partial charge in [0, 0.05) is 6.54 Å². The van der Waals surface area contributed by atoms with Crippen molar-refractivity contribution in [1.82, 2.24) is 10.2 Å². The number of carbonyl (C=O) groups excluding carboxylic acids is 4. The summed E-state index contributed by atoms with van der Waals surface area (Å²) < 4.78 is 0. The molecule has 1 aromatic rings. The Morgan fingerprint density at radius 3 is 2.64 bits per heavy atom. The van der Waals surface area contributed by atoms with Crippen LogP contribution >= 0.6 is 0 Å². The second-order valence-electron chi connectivity index (χ2n) is 7.33. The lowest BCUT2D eigenvalue weighted by atomic mass is 10.0. The Hall–Kier alpha value is -3.10. The summed E-state index contributed by atoms with van der Waals surface area (Å²) in [6.45, 7) is 3.67. The van der Waals surface area contributed by atoms with Crippen LogP contribution in [0, 0.1) is 5.92 Å². The lowest BCUT2D eigenvalue weighted by Gasteiger charge is -2.34. The fourth-order valence-corrected chi connectivity index (χ4v) is 3.59. The number of aliphatic carboxylic acids is 1. The first-order chi connectivity index (χ1) is 13.3. The minimum atomic E-state index is -1.29. The lowest BCUT2D eigenvalue weighted by molar-refractivity contribution is -0.310. The van der Waals surface area contributed by atoms with E-state index in [2.05, 4.69) is 10.6 Å². The molecular formula is C19H23N4O5-. The Balaban J connectivity index is 1.79. The number of carboxylic acids is 1. The van der Waals surface area contributed by atoms with Crippen LogP contribution < -0.4 is 20.6 Å². The topological polar surface area (TPSA) is 122 Å². The molecule has 0 aliphatic carbocycles. The second kappa shape index (κ2) is 7.87. The Morgan fingerprint density at radius 1 is 1.25 bits per heavy atom. The zero-order chi connectivity index (χ0) is 20.4. The molecule has 2 N–H and O–H groups in total. The van der Waals surface area contributed by atoms with E-state index in [9.17, 15) is 24.3 Å². The van der Waals surface area contributed by atoms with Gasteiger partial charge in [-0.3, -0.25) is 14.5 Å². The maximum absolute atomic E-state index is 13.0. The number of para-hydroxylation sites is 2. The van der Waals surface area contributed by atoms with Crippen molar-refractivity contribution in [1.29, 1.82) is 0 Å². The summed E-state index contributed by atoms with van der Waals surface area (Å²) in [6, 6.07) is 4.40. The van der Waals surface area contributed by atoms with Crippen LogP contribution in [0.15, 0.2) is 24.3 Å². The average molecular weight is 387 g/mol. The van der Waals surface area contributed by atoms with Crippen LogP contribution in [0.2, 0.25) is 0 Å². The number of fused-ring (bicyclic) bond motifs is 1. The molecule has 9 heteroatoms.